The Morgan fingerprint density at radius 1 is 1.14 bits per heavy atom. The first-order valence-electron chi connectivity index (χ1n) is 14.1. The van der Waals surface area contributed by atoms with Crippen LogP contribution in [0.15, 0.2) is 23.1 Å². The van der Waals surface area contributed by atoms with Gasteiger partial charge in [0.05, 0.1) is 43.4 Å². The van der Waals surface area contributed by atoms with Crippen molar-refractivity contribution in [2.75, 3.05) is 71.0 Å². The maximum Gasteiger partial charge on any atom is 0.417 e. The third kappa shape index (κ3) is 7.66. The number of fused-ring (bicyclic) bond motifs is 1. The zero-order valence-electron chi connectivity index (χ0n) is 23.5. The molecule has 0 bridgehead atoms. The average molecular weight is 636 g/mol. The van der Waals surface area contributed by atoms with E-state index in [0.717, 1.165) is 29.8 Å². The Morgan fingerprint density at radius 2 is 1.90 bits per heavy atom. The number of rotatable bonds is 10. The summed E-state index contributed by atoms with van der Waals surface area (Å²) in [6.07, 6.45) is -4.27. The highest BCUT2D eigenvalue weighted by molar-refractivity contribution is 7.99. The molecule has 0 aliphatic carbocycles. The van der Waals surface area contributed by atoms with Gasteiger partial charge in [-0.2, -0.15) is 22.6 Å². The third-order valence-corrected chi connectivity index (χ3v) is 10.2. The molecule has 2 aromatic rings. The maximum atomic E-state index is 14.0. The standard InChI is InChI=1S/C27H37F4N5O4S2/c1-42(38,39)35-7-5-24-22(18-35)26(32-36(24)17-21(37)16-34-8-11-40-12-9-34)19-2-3-23(27(29,30)31)25(14-19)41-13-10-33-6-4-20(28)15-33/h2-3,14,20-21,37H,4-13,15-18H2,1H3/t20-,21-/m0/s1. The highest BCUT2D eigenvalue weighted by Crippen LogP contribution is 2.40. The number of nitrogens with zero attached hydrogens (tertiary/aromatic N) is 5. The first-order valence-corrected chi connectivity index (χ1v) is 16.9. The van der Waals surface area contributed by atoms with Gasteiger partial charge in [-0.1, -0.05) is 6.07 Å². The molecule has 15 heteroatoms. The SMILES string of the molecule is CS(=O)(=O)N1CCc2c(c(-c3ccc(C(F)(F)F)c(SCCN4CC[C@H](F)C4)c3)nn2C[C@@H](O)CN2CCOCC2)C1. The van der Waals surface area contributed by atoms with E-state index < -0.39 is 34.0 Å². The molecule has 0 radical (unpaired) electrons. The molecule has 5 rings (SSSR count). The third-order valence-electron chi connectivity index (χ3n) is 7.96. The Morgan fingerprint density at radius 3 is 2.57 bits per heavy atom. The van der Waals surface area contributed by atoms with Crippen molar-refractivity contribution in [1.82, 2.24) is 23.9 Å². The van der Waals surface area contributed by atoms with Crippen molar-refractivity contribution in [2.24, 2.45) is 0 Å². The molecule has 3 aliphatic heterocycles. The van der Waals surface area contributed by atoms with Gasteiger partial charge in [0.1, 0.15) is 6.17 Å². The van der Waals surface area contributed by atoms with Gasteiger partial charge in [0.2, 0.25) is 10.0 Å². The number of halogens is 4. The summed E-state index contributed by atoms with van der Waals surface area (Å²) in [5, 5.41) is 15.6. The van der Waals surface area contributed by atoms with Gasteiger partial charge in [-0.05, 0) is 18.6 Å². The molecule has 42 heavy (non-hydrogen) atoms. The Balaban J connectivity index is 1.44. The summed E-state index contributed by atoms with van der Waals surface area (Å²) < 4.78 is 88.6. The van der Waals surface area contributed by atoms with Crippen LogP contribution in [0.2, 0.25) is 0 Å². The first-order chi connectivity index (χ1) is 19.9. The summed E-state index contributed by atoms with van der Waals surface area (Å²) in [5.41, 5.74) is 1.51. The van der Waals surface area contributed by atoms with Crippen LogP contribution in [0.4, 0.5) is 17.6 Å². The van der Waals surface area contributed by atoms with Crippen LogP contribution in [0.25, 0.3) is 11.3 Å². The largest absolute Gasteiger partial charge is 0.417 e. The summed E-state index contributed by atoms with van der Waals surface area (Å²) in [4.78, 5) is 4.06. The zero-order valence-corrected chi connectivity index (χ0v) is 25.2. The molecule has 1 aromatic heterocycles. The fourth-order valence-corrected chi connectivity index (χ4v) is 7.67. The molecule has 0 amide bonds. The first kappa shape index (κ1) is 31.7. The minimum atomic E-state index is -4.56. The second kappa shape index (κ2) is 13.1. The van der Waals surface area contributed by atoms with E-state index in [0.29, 0.717) is 87.9 Å². The van der Waals surface area contributed by atoms with E-state index in [1.807, 2.05) is 4.90 Å². The van der Waals surface area contributed by atoms with Gasteiger partial charge in [-0.15, -0.1) is 11.8 Å². The predicted octanol–water partition coefficient (Wildman–Crippen LogP) is 2.72. The van der Waals surface area contributed by atoms with Crippen LogP contribution in [0, 0.1) is 0 Å². The molecule has 1 aromatic carbocycles. The molecule has 234 valence electrons. The number of thioether (sulfide) groups is 1. The van der Waals surface area contributed by atoms with E-state index in [4.69, 9.17) is 9.84 Å². The zero-order chi connectivity index (χ0) is 30.1. The number of aliphatic hydroxyl groups is 1. The van der Waals surface area contributed by atoms with E-state index in [1.165, 1.54) is 16.4 Å². The lowest BCUT2D eigenvalue weighted by atomic mass is 10.0. The van der Waals surface area contributed by atoms with Crippen molar-refractivity contribution in [1.29, 1.82) is 0 Å². The van der Waals surface area contributed by atoms with Gasteiger partial charge in [0, 0.05) is 86.2 Å². The lowest BCUT2D eigenvalue weighted by molar-refractivity contribution is -0.139. The van der Waals surface area contributed by atoms with Crippen LogP contribution >= 0.6 is 11.8 Å². The normalized spacial score (nSPS) is 22.0. The number of hydrogen-bond acceptors (Lipinski definition) is 8. The second-order valence-electron chi connectivity index (χ2n) is 11.1. The van der Waals surface area contributed by atoms with Crippen LogP contribution in [-0.4, -0.2) is 121 Å². The quantitative estimate of drug-likeness (QED) is 0.315. The number of alkyl halides is 4. The molecule has 2 fully saturated rings. The van der Waals surface area contributed by atoms with E-state index in [-0.39, 0.29) is 24.5 Å². The van der Waals surface area contributed by atoms with Crippen LogP contribution in [-0.2, 0) is 40.4 Å². The van der Waals surface area contributed by atoms with Gasteiger partial charge in [-0.3, -0.25) is 14.5 Å². The molecular formula is C27H37F4N5O4S2. The fourth-order valence-electron chi connectivity index (χ4n) is 5.77. The van der Waals surface area contributed by atoms with Crippen molar-refractivity contribution in [3.05, 3.63) is 35.0 Å². The van der Waals surface area contributed by atoms with Crippen molar-refractivity contribution >= 4 is 21.8 Å². The molecule has 0 unspecified atom stereocenters. The molecule has 3 aliphatic rings. The molecule has 4 heterocycles. The Kier molecular flexibility index (Phi) is 9.87. The lowest BCUT2D eigenvalue weighted by Crippen LogP contribution is -2.42. The summed E-state index contributed by atoms with van der Waals surface area (Å²) in [7, 11) is -3.51. The van der Waals surface area contributed by atoms with Crippen LogP contribution < -0.4 is 0 Å². The Bertz CT molecular complexity index is 1350. The number of morpholine rings is 1. The number of likely N-dealkylation sites (tertiary alicyclic amines) is 1. The average Bonchev–Trinajstić information content (AvgIpc) is 3.50. The molecule has 1 N–H and O–H groups in total. The van der Waals surface area contributed by atoms with Gasteiger partial charge in [0.15, 0.2) is 0 Å². The lowest BCUT2D eigenvalue weighted by Gasteiger charge is -2.29. The molecule has 9 nitrogen and oxygen atoms in total. The number of β-amino-alcohol motifs (C(OH)–C–C–N with tert-alkyl or cyclic N) is 1. The van der Waals surface area contributed by atoms with Crippen molar-refractivity contribution < 1.29 is 35.8 Å². The Labute approximate surface area is 247 Å². The van der Waals surface area contributed by atoms with Crippen LogP contribution in [0.3, 0.4) is 0 Å². The Hall–Kier alpha value is -1.75. The van der Waals surface area contributed by atoms with Gasteiger partial charge >= 0.3 is 6.18 Å². The number of sulfonamides is 1. The monoisotopic (exact) mass is 635 g/mol. The number of ether oxygens (including phenoxy) is 1. The number of aromatic nitrogens is 2. The van der Waals surface area contributed by atoms with Gasteiger partial charge < -0.3 is 9.84 Å². The van der Waals surface area contributed by atoms with Crippen LogP contribution in [0.1, 0.15) is 23.2 Å². The van der Waals surface area contributed by atoms with E-state index >= 15 is 0 Å². The summed E-state index contributed by atoms with van der Waals surface area (Å²) in [6.45, 7) is 4.86. The molecule has 2 saturated heterocycles. The maximum absolute atomic E-state index is 14.0. The minimum Gasteiger partial charge on any atom is -0.390 e. The molecular weight excluding hydrogens is 598 g/mol. The smallest absolute Gasteiger partial charge is 0.390 e. The highest BCUT2D eigenvalue weighted by atomic mass is 32.2. The molecule has 0 saturated carbocycles. The minimum absolute atomic E-state index is 0.0439. The number of hydrogen-bond donors (Lipinski definition) is 1. The second-order valence-corrected chi connectivity index (χ2v) is 14.2. The fraction of sp³-hybridized carbons (Fsp3) is 0.667. The summed E-state index contributed by atoms with van der Waals surface area (Å²) in [5.74, 6) is 0.362. The van der Waals surface area contributed by atoms with E-state index in [9.17, 15) is 31.1 Å². The van der Waals surface area contributed by atoms with Crippen LogP contribution in [0.5, 0.6) is 0 Å². The van der Waals surface area contributed by atoms with E-state index in [1.54, 1.807) is 4.68 Å². The topological polar surface area (TPSA) is 91.1 Å². The van der Waals surface area contributed by atoms with Crippen molar-refractivity contribution in [3.8, 4) is 11.3 Å². The highest BCUT2D eigenvalue weighted by Gasteiger charge is 2.35. The molecule has 2 atom stereocenters. The summed E-state index contributed by atoms with van der Waals surface area (Å²) in [6, 6.07) is 3.88. The molecule has 0 spiro atoms. The van der Waals surface area contributed by atoms with E-state index in [2.05, 4.69) is 4.90 Å². The van der Waals surface area contributed by atoms with Crippen molar-refractivity contribution in [3.63, 3.8) is 0 Å². The van der Waals surface area contributed by atoms with Crippen molar-refractivity contribution in [2.45, 2.75) is 49.3 Å². The van der Waals surface area contributed by atoms with Gasteiger partial charge in [-0.25, -0.2) is 12.8 Å². The summed E-state index contributed by atoms with van der Waals surface area (Å²) >= 11 is 1.07. The van der Waals surface area contributed by atoms with Gasteiger partial charge in [0.25, 0.3) is 0 Å². The number of aliphatic hydroxyl groups excluding tert-OH is 1. The predicted molar refractivity (Wildman–Crippen MR) is 152 cm³/mol. The number of benzene rings is 1.